The first-order valence-electron chi connectivity index (χ1n) is 8.02. The van der Waals surface area contributed by atoms with Gasteiger partial charge in [0.15, 0.2) is 0 Å². The molecule has 0 spiro atoms. The molecule has 0 atom stereocenters. The van der Waals surface area contributed by atoms with Crippen molar-refractivity contribution >= 4 is 17.5 Å². The highest BCUT2D eigenvalue weighted by atomic mass is 16.2. The van der Waals surface area contributed by atoms with Crippen molar-refractivity contribution in [2.24, 2.45) is 5.92 Å². The van der Waals surface area contributed by atoms with Gasteiger partial charge in [0.2, 0.25) is 0 Å². The Labute approximate surface area is 131 Å². The standard InChI is InChI=1S/C17H23N3O2/c1-19-10-11-20(17(22)16(19)21)15-5-3-2-4-14(15)12-13-6-8-18-9-7-13/h2-5,13,18H,6-12H2,1H3. The maximum absolute atomic E-state index is 12.3. The molecule has 2 aliphatic rings. The lowest BCUT2D eigenvalue weighted by atomic mass is 9.90. The van der Waals surface area contributed by atoms with Crippen molar-refractivity contribution in [3.63, 3.8) is 0 Å². The zero-order valence-corrected chi connectivity index (χ0v) is 13.0. The van der Waals surface area contributed by atoms with Crippen molar-refractivity contribution in [3.05, 3.63) is 29.8 Å². The van der Waals surface area contributed by atoms with Crippen LogP contribution in [0, 0.1) is 5.92 Å². The number of rotatable bonds is 3. The summed E-state index contributed by atoms with van der Waals surface area (Å²) in [5, 5.41) is 3.38. The lowest BCUT2D eigenvalue weighted by molar-refractivity contribution is -0.145. The third kappa shape index (κ3) is 2.99. The van der Waals surface area contributed by atoms with Gasteiger partial charge in [-0.05, 0) is 49.9 Å². The summed E-state index contributed by atoms with van der Waals surface area (Å²) in [4.78, 5) is 27.4. The number of amides is 2. The van der Waals surface area contributed by atoms with Crippen molar-refractivity contribution in [1.29, 1.82) is 0 Å². The molecule has 1 N–H and O–H groups in total. The third-order valence-corrected chi connectivity index (χ3v) is 4.68. The summed E-state index contributed by atoms with van der Waals surface area (Å²) >= 11 is 0. The first-order chi connectivity index (χ1) is 10.7. The van der Waals surface area contributed by atoms with E-state index in [0.717, 1.165) is 25.2 Å². The van der Waals surface area contributed by atoms with Crippen LogP contribution in [0.15, 0.2) is 24.3 Å². The minimum absolute atomic E-state index is 0.411. The smallest absolute Gasteiger partial charge is 0.316 e. The van der Waals surface area contributed by atoms with E-state index in [0.29, 0.717) is 19.0 Å². The van der Waals surface area contributed by atoms with E-state index in [9.17, 15) is 9.59 Å². The van der Waals surface area contributed by atoms with Gasteiger partial charge in [0.25, 0.3) is 0 Å². The summed E-state index contributed by atoms with van der Waals surface area (Å²) in [5.74, 6) is -0.171. The van der Waals surface area contributed by atoms with Gasteiger partial charge >= 0.3 is 11.8 Å². The number of hydrogen-bond acceptors (Lipinski definition) is 3. The monoisotopic (exact) mass is 301 g/mol. The van der Waals surface area contributed by atoms with E-state index in [4.69, 9.17) is 0 Å². The van der Waals surface area contributed by atoms with E-state index in [1.54, 1.807) is 11.9 Å². The number of likely N-dealkylation sites (N-methyl/N-ethyl adjacent to an activating group) is 1. The van der Waals surface area contributed by atoms with Crippen molar-refractivity contribution < 1.29 is 9.59 Å². The molecular formula is C17H23N3O2. The summed E-state index contributed by atoms with van der Waals surface area (Å²) in [6.45, 7) is 3.30. The van der Waals surface area contributed by atoms with Crippen LogP contribution in [-0.2, 0) is 16.0 Å². The van der Waals surface area contributed by atoms with Crippen LogP contribution in [0.1, 0.15) is 18.4 Å². The fourth-order valence-electron chi connectivity index (χ4n) is 3.31. The zero-order valence-electron chi connectivity index (χ0n) is 13.0. The molecule has 5 heteroatoms. The molecule has 2 heterocycles. The van der Waals surface area contributed by atoms with E-state index in [1.165, 1.54) is 23.3 Å². The van der Waals surface area contributed by atoms with Gasteiger partial charge < -0.3 is 15.1 Å². The van der Waals surface area contributed by atoms with Gasteiger partial charge in [-0.1, -0.05) is 18.2 Å². The molecule has 2 saturated heterocycles. The molecule has 118 valence electrons. The maximum atomic E-state index is 12.3. The lowest BCUT2D eigenvalue weighted by Crippen LogP contribution is -2.53. The number of anilines is 1. The average Bonchev–Trinajstić information content (AvgIpc) is 2.55. The lowest BCUT2D eigenvalue weighted by Gasteiger charge is -2.33. The number of nitrogens with zero attached hydrogens (tertiary/aromatic N) is 2. The molecule has 2 amide bonds. The van der Waals surface area contributed by atoms with Crippen molar-refractivity contribution in [3.8, 4) is 0 Å². The number of piperidine rings is 1. The average molecular weight is 301 g/mol. The van der Waals surface area contributed by atoms with E-state index in [-0.39, 0.29) is 0 Å². The van der Waals surface area contributed by atoms with Gasteiger partial charge in [-0.15, -0.1) is 0 Å². The Kier molecular flexibility index (Phi) is 4.43. The molecule has 22 heavy (non-hydrogen) atoms. The van der Waals surface area contributed by atoms with Crippen LogP contribution >= 0.6 is 0 Å². The van der Waals surface area contributed by atoms with Crippen LogP contribution in [0.2, 0.25) is 0 Å². The van der Waals surface area contributed by atoms with Crippen molar-refractivity contribution in [2.45, 2.75) is 19.3 Å². The number of carbonyl (C=O) groups excluding carboxylic acids is 2. The topological polar surface area (TPSA) is 52.6 Å². The fraction of sp³-hybridized carbons (Fsp3) is 0.529. The highest BCUT2D eigenvalue weighted by molar-refractivity contribution is 6.41. The maximum Gasteiger partial charge on any atom is 0.316 e. The van der Waals surface area contributed by atoms with Crippen LogP contribution in [0.4, 0.5) is 5.69 Å². The van der Waals surface area contributed by atoms with E-state index >= 15 is 0 Å². The van der Waals surface area contributed by atoms with Gasteiger partial charge in [-0.3, -0.25) is 9.59 Å². The molecule has 3 rings (SSSR count). The molecule has 0 radical (unpaired) electrons. The fourth-order valence-corrected chi connectivity index (χ4v) is 3.31. The molecule has 5 nitrogen and oxygen atoms in total. The number of carbonyl (C=O) groups is 2. The summed E-state index contributed by atoms with van der Waals surface area (Å²) in [5.41, 5.74) is 2.09. The van der Waals surface area contributed by atoms with E-state index in [1.807, 2.05) is 18.2 Å². The highest BCUT2D eigenvalue weighted by Gasteiger charge is 2.32. The summed E-state index contributed by atoms with van der Waals surface area (Å²) in [7, 11) is 1.68. The zero-order chi connectivity index (χ0) is 15.5. The predicted molar refractivity (Wildman–Crippen MR) is 85.7 cm³/mol. The number of benzene rings is 1. The Bertz CT molecular complexity index is 567. The first kappa shape index (κ1) is 15.0. The summed E-state index contributed by atoms with van der Waals surface area (Å²) in [6, 6.07) is 8.01. The molecule has 0 aliphatic carbocycles. The van der Waals surface area contributed by atoms with Crippen molar-refractivity contribution in [2.75, 3.05) is 38.1 Å². The Balaban J connectivity index is 1.81. The molecule has 2 aliphatic heterocycles. The van der Waals surface area contributed by atoms with Gasteiger partial charge in [0, 0.05) is 25.8 Å². The number of para-hydroxylation sites is 1. The Morgan fingerprint density at radius 1 is 1.09 bits per heavy atom. The third-order valence-electron chi connectivity index (χ3n) is 4.68. The van der Waals surface area contributed by atoms with Crippen LogP contribution in [-0.4, -0.2) is 49.9 Å². The van der Waals surface area contributed by atoms with Crippen LogP contribution in [0.3, 0.4) is 0 Å². The minimum atomic E-state index is -0.414. The summed E-state index contributed by atoms with van der Waals surface area (Å²) in [6.07, 6.45) is 3.32. The second-order valence-corrected chi connectivity index (χ2v) is 6.21. The van der Waals surface area contributed by atoms with E-state index < -0.39 is 11.8 Å². The van der Waals surface area contributed by atoms with Crippen molar-refractivity contribution in [1.82, 2.24) is 10.2 Å². The van der Waals surface area contributed by atoms with Gasteiger partial charge in [0.1, 0.15) is 0 Å². The van der Waals surface area contributed by atoms with E-state index in [2.05, 4.69) is 11.4 Å². The van der Waals surface area contributed by atoms with Crippen LogP contribution in [0.25, 0.3) is 0 Å². The number of piperazine rings is 1. The molecular weight excluding hydrogens is 278 g/mol. The molecule has 0 bridgehead atoms. The Hall–Kier alpha value is -1.88. The quantitative estimate of drug-likeness (QED) is 0.849. The predicted octanol–water partition coefficient (Wildman–Crippen LogP) is 1.03. The normalized spacial score (nSPS) is 20.6. The minimum Gasteiger partial charge on any atom is -0.336 e. The Morgan fingerprint density at radius 2 is 1.82 bits per heavy atom. The molecule has 0 aromatic heterocycles. The molecule has 2 fully saturated rings. The second-order valence-electron chi connectivity index (χ2n) is 6.21. The van der Waals surface area contributed by atoms with Gasteiger partial charge in [0.05, 0.1) is 0 Å². The number of nitrogens with one attached hydrogen (secondary N) is 1. The van der Waals surface area contributed by atoms with Gasteiger partial charge in [-0.25, -0.2) is 0 Å². The van der Waals surface area contributed by atoms with Crippen LogP contribution < -0.4 is 10.2 Å². The second kappa shape index (κ2) is 6.48. The molecule has 0 saturated carbocycles. The number of hydrogen-bond donors (Lipinski definition) is 1. The van der Waals surface area contributed by atoms with Gasteiger partial charge in [-0.2, -0.15) is 0 Å². The highest BCUT2D eigenvalue weighted by Crippen LogP contribution is 2.27. The summed E-state index contributed by atoms with van der Waals surface area (Å²) < 4.78 is 0. The SMILES string of the molecule is CN1CCN(c2ccccc2CC2CCNCC2)C(=O)C1=O. The molecule has 0 unspecified atom stereocenters. The molecule has 1 aromatic carbocycles. The Morgan fingerprint density at radius 3 is 2.59 bits per heavy atom. The largest absolute Gasteiger partial charge is 0.336 e. The first-order valence-corrected chi connectivity index (χ1v) is 8.02. The molecule has 1 aromatic rings. The van der Waals surface area contributed by atoms with Crippen LogP contribution in [0.5, 0.6) is 0 Å².